The van der Waals surface area contributed by atoms with Crippen molar-refractivity contribution >= 4 is 18.7 Å². The van der Waals surface area contributed by atoms with E-state index >= 15 is 0 Å². The van der Waals surface area contributed by atoms with Crippen LogP contribution in [0.2, 0.25) is 0 Å². The molecule has 2 heterocycles. The number of urea groups is 1. The third-order valence-corrected chi connectivity index (χ3v) is 5.90. The Morgan fingerprint density at radius 1 is 1.10 bits per heavy atom. The van der Waals surface area contributed by atoms with Crippen LogP contribution in [0.4, 0.5) is 4.79 Å². The average Bonchev–Trinajstić information content (AvgIpc) is 2.68. The molecule has 2 saturated heterocycles. The van der Waals surface area contributed by atoms with Crippen LogP contribution in [0.1, 0.15) is 40.5 Å². The minimum absolute atomic E-state index is 0.0142. The van der Waals surface area contributed by atoms with Crippen molar-refractivity contribution in [2.24, 2.45) is 10.9 Å². The fraction of sp³-hybridized carbons (Fsp3) is 0.850. The number of nitrogens with one attached hydrogen (secondary N) is 1. The third kappa shape index (κ3) is 6.05. The Kier molecular flexibility index (Phi) is 8.87. The van der Waals surface area contributed by atoms with Crippen LogP contribution in [0.3, 0.4) is 0 Å². The highest BCUT2D eigenvalue weighted by molar-refractivity contribution is 5.77. The number of amides is 3. The molecule has 30 heavy (non-hydrogen) atoms. The van der Waals surface area contributed by atoms with Gasteiger partial charge in [-0.2, -0.15) is 5.10 Å². The first-order valence-corrected chi connectivity index (χ1v) is 10.8. The molecule has 0 bridgehead atoms. The zero-order valence-corrected chi connectivity index (χ0v) is 19.1. The molecule has 0 aromatic rings. The summed E-state index contributed by atoms with van der Waals surface area (Å²) in [6, 6.07) is 0.282. The van der Waals surface area contributed by atoms with Gasteiger partial charge in [0.05, 0.1) is 12.1 Å². The second-order valence-electron chi connectivity index (χ2n) is 8.79. The van der Waals surface area contributed by atoms with E-state index in [1.54, 1.807) is 0 Å². The molecule has 10 heteroatoms. The summed E-state index contributed by atoms with van der Waals surface area (Å²) >= 11 is 0. The van der Waals surface area contributed by atoms with Crippen molar-refractivity contribution in [3.05, 3.63) is 0 Å². The molecule has 0 aromatic carbocycles. The zero-order chi connectivity index (χ0) is 22.4. The summed E-state index contributed by atoms with van der Waals surface area (Å²) < 4.78 is 5.01. The van der Waals surface area contributed by atoms with E-state index in [0.29, 0.717) is 26.2 Å². The van der Waals surface area contributed by atoms with Crippen molar-refractivity contribution in [1.29, 1.82) is 0 Å². The molecule has 10 nitrogen and oxygen atoms in total. The predicted molar refractivity (Wildman–Crippen MR) is 117 cm³/mol. The standard InChI is InChI=1S/C20H39N7O3/c1-14(2)23-20(29)25-10-16(4)27(22-5)18(12-25)8-7-17-11-24(19(28)13-30-6)9-15(3)26(17)21/h14-18H,5,7-13,21H2,1-4,6H3,(H,23,29)/t15-,16+,17+,18-/m0/s1. The van der Waals surface area contributed by atoms with Crippen molar-refractivity contribution in [1.82, 2.24) is 25.1 Å². The Morgan fingerprint density at radius 2 is 1.70 bits per heavy atom. The minimum Gasteiger partial charge on any atom is -0.375 e. The first-order chi connectivity index (χ1) is 14.2. The molecule has 0 radical (unpaired) electrons. The number of methoxy groups -OCH3 is 1. The van der Waals surface area contributed by atoms with E-state index in [1.807, 2.05) is 40.6 Å². The Bertz CT molecular complexity index is 603. The summed E-state index contributed by atoms with van der Waals surface area (Å²) in [4.78, 5) is 28.5. The van der Waals surface area contributed by atoms with Crippen LogP contribution in [0.5, 0.6) is 0 Å². The van der Waals surface area contributed by atoms with E-state index in [4.69, 9.17) is 10.6 Å². The fourth-order valence-corrected chi connectivity index (χ4v) is 4.40. The Labute approximate surface area is 180 Å². The van der Waals surface area contributed by atoms with Gasteiger partial charge >= 0.3 is 6.03 Å². The Morgan fingerprint density at radius 3 is 2.30 bits per heavy atom. The van der Waals surface area contributed by atoms with Crippen LogP contribution < -0.4 is 11.2 Å². The highest BCUT2D eigenvalue weighted by Crippen LogP contribution is 2.23. The lowest BCUT2D eigenvalue weighted by atomic mass is 9.98. The molecule has 2 aliphatic heterocycles. The predicted octanol–water partition coefficient (Wildman–Crippen LogP) is 0.296. The van der Waals surface area contributed by atoms with Crippen LogP contribution >= 0.6 is 0 Å². The van der Waals surface area contributed by atoms with Gasteiger partial charge in [-0.1, -0.05) is 0 Å². The number of hydrogen-bond acceptors (Lipinski definition) is 7. The molecule has 3 N–H and O–H groups in total. The molecule has 4 atom stereocenters. The first kappa shape index (κ1) is 24.4. The summed E-state index contributed by atoms with van der Waals surface area (Å²) in [5.41, 5.74) is 0. The molecule has 0 saturated carbocycles. The molecule has 0 aliphatic carbocycles. The van der Waals surface area contributed by atoms with Gasteiger partial charge in [-0.3, -0.25) is 15.6 Å². The maximum absolute atomic E-state index is 12.5. The largest absolute Gasteiger partial charge is 0.375 e. The minimum atomic E-state index is -0.0476. The number of nitrogens with two attached hydrogens (primary N) is 1. The molecular weight excluding hydrogens is 386 g/mol. The number of hydrogen-bond donors (Lipinski definition) is 2. The zero-order valence-electron chi connectivity index (χ0n) is 19.1. The van der Waals surface area contributed by atoms with Gasteiger partial charge in [-0.05, 0) is 40.5 Å². The summed E-state index contributed by atoms with van der Waals surface area (Å²) in [7, 11) is 1.53. The van der Waals surface area contributed by atoms with Gasteiger partial charge < -0.3 is 19.9 Å². The van der Waals surface area contributed by atoms with E-state index in [-0.39, 0.29) is 48.8 Å². The lowest BCUT2D eigenvalue weighted by Crippen LogP contribution is -2.63. The molecule has 0 spiro atoms. The van der Waals surface area contributed by atoms with Gasteiger partial charge in [0, 0.05) is 58.1 Å². The van der Waals surface area contributed by atoms with Gasteiger partial charge in [0.25, 0.3) is 0 Å². The lowest BCUT2D eigenvalue weighted by molar-refractivity contribution is -0.140. The third-order valence-electron chi connectivity index (χ3n) is 5.90. The van der Waals surface area contributed by atoms with Crippen molar-refractivity contribution in [2.45, 2.75) is 70.7 Å². The van der Waals surface area contributed by atoms with Gasteiger partial charge in [-0.15, -0.1) is 0 Å². The number of hydrazone groups is 1. The number of piperazine rings is 2. The van der Waals surface area contributed by atoms with Gasteiger partial charge in [0.1, 0.15) is 6.61 Å². The summed E-state index contributed by atoms with van der Waals surface area (Å²) in [5, 5.41) is 11.1. The van der Waals surface area contributed by atoms with Crippen molar-refractivity contribution in [3.8, 4) is 0 Å². The molecular formula is C20H39N7O3. The Balaban J connectivity index is 2.03. The molecule has 3 amide bonds. The van der Waals surface area contributed by atoms with Crippen LogP contribution in [0.15, 0.2) is 5.10 Å². The first-order valence-electron chi connectivity index (χ1n) is 10.8. The lowest BCUT2D eigenvalue weighted by Gasteiger charge is -2.46. The fourth-order valence-electron chi connectivity index (χ4n) is 4.40. The monoisotopic (exact) mass is 425 g/mol. The molecule has 2 fully saturated rings. The molecule has 0 unspecified atom stereocenters. The normalized spacial score (nSPS) is 28.0. The second-order valence-corrected chi connectivity index (χ2v) is 8.79. The van der Waals surface area contributed by atoms with Crippen LogP contribution in [-0.2, 0) is 9.53 Å². The number of nitrogens with zero attached hydrogens (tertiary/aromatic N) is 5. The van der Waals surface area contributed by atoms with E-state index in [1.165, 1.54) is 7.11 Å². The van der Waals surface area contributed by atoms with E-state index in [0.717, 1.165) is 12.8 Å². The summed E-state index contributed by atoms with van der Waals surface area (Å²) in [6.07, 6.45) is 1.59. The van der Waals surface area contributed by atoms with E-state index < -0.39 is 0 Å². The van der Waals surface area contributed by atoms with Gasteiger partial charge in [0.15, 0.2) is 0 Å². The summed E-state index contributed by atoms with van der Waals surface area (Å²) in [5.74, 6) is 6.33. The SMILES string of the molecule is C=NN1[C@@H](CC[C@@H]2CN(C(=O)COC)C[C@H](C)N2N)CN(C(=O)NC(C)C)C[C@H]1C. The summed E-state index contributed by atoms with van der Waals surface area (Å²) in [6.45, 7) is 14.2. The molecule has 0 aromatic heterocycles. The van der Waals surface area contributed by atoms with Crippen molar-refractivity contribution in [2.75, 3.05) is 39.9 Å². The topological polar surface area (TPSA) is 107 Å². The maximum atomic E-state index is 12.5. The maximum Gasteiger partial charge on any atom is 0.317 e. The number of carbonyl (C=O) groups is 2. The van der Waals surface area contributed by atoms with Crippen molar-refractivity contribution < 1.29 is 14.3 Å². The second kappa shape index (κ2) is 10.9. The van der Waals surface area contributed by atoms with Crippen molar-refractivity contribution in [3.63, 3.8) is 0 Å². The highest BCUT2D eigenvalue weighted by Gasteiger charge is 2.36. The van der Waals surface area contributed by atoms with Gasteiger partial charge in [-0.25, -0.2) is 9.80 Å². The number of rotatable bonds is 7. The smallest absolute Gasteiger partial charge is 0.317 e. The van der Waals surface area contributed by atoms with Crippen LogP contribution in [-0.4, -0.2) is 109 Å². The number of carbonyl (C=O) groups excluding carboxylic acids is 2. The van der Waals surface area contributed by atoms with Gasteiger partial charge in [0.2, 0.25) is 5.91 Å². The molecule has 2 rings (SSSR count). The number of ether oxygens (including phenoxy) is 1. The average molecular weight is 426 g/mol. The van der Waals surface area contributed by atoms with Crippen LogP contribution in [0.25, 0.3) is 0 Å². The Hall–Kier alpha value is -1.91. The highest BCUT2D eigenvalue weighted by atomic mass is 16.5. The molecule has 2 aliphatic rings. The van der Waals surface area contributed by atoms with E-state index in [9.17, 15) is 9.59 Å². The molecule has 172 valence electrons. The quantitative estimate of drug-likeness (QED) is 0.449. The van der Waals surface area contributed by atoms with E-state index in [2.05, 4.69) is 24.1 Å². The van der Waals surface area contributed by atoms with Crippen LogP contribution in [0, 0.1) is 0 Å². The number of hydrazine groups is 1.